The van der Waals surface area contributed by atoms with Crippen LogP contribution in [0.25, 0.3) is 11.3 Å². The standard InChI is InChI=1S/C14H17FN2O/c1-3-16-8-7-13-17-9-12(18-13)11-6-4-5-10(2)14(11)15/h4-6,9,16H,3,7-8H2,1-2H3. The van der Waals surface area contributed by atoms with Crippen LogP contribution in [0.1, 0.15) is 18.4 Å². The van der Waals surface area contributed by atoms with Crippen LogP contribution < -0.4 is 5.32 Å². The highest BCUT2D eigenvalue weighted by molar-refractivity contribution is 5.58. The van der Waals surface area contributed by atoms with Crippen molar-refractivity contribution < 1.29 is 8.81 Å². The molecule has 0 bridgehead atoms. The molecule has 0 aliphatic carbocycles. The number of likely N-dealkylation sites (N-methyl/N-ethyl adjacent to an activating group) is 1. The molecule has 0 fully saturated rings. The Labute approximate surface area is 106 Å². The van der Waals surface area contributed by atoms with E-state index in [1.165, 1.54) is 0 Å². The molecule has 3 nitrogen and oxygen atoms in total. The molecule has 0 unspecified atom stereocenters. The van der Waals surface area contributed by atoms with Gasteiger partial charge in [-0.05, 0) is 25.1 Å². The van der Waals surface area contributed by atoms with Crippen LogP contribution in [-0.4, -0.2) is 18.1 Å². The van der Waals surface area contributed by atoms with Gasteiger partial charge in [0.1, 0.15) is 5.82 Å². The number of nitrogens with zero attached hydrogens (tertiary/aromatic N) is 1. The van der Waals surface area contributed by atoms with Gasteiger partial charge in [0.05, 0.1) is 11.8 Å². The van der Waals surface area contributed by atoms with E-state index in [0.717, 1.165) is 13.1 Å². The molecule has 1 aromatic heterocycles. The molecule has 0 aliphatic rings. The summed E-state index contributed by atoms with van der Waals surface area (Å²) in [6.45, 7) is 5.51. The van der Waals surface area contributed by atoms with Gasteiger partial charge in [-0.3, -0.25) is 0 Å². The van der Waals surface area contributed by atoms with E-state index in [9.17, 15) is 4.39 Å². The summed E-state index contributed by atoms with van der Waals surface area (Å²) in [5.41, 5.74) is 1.08. The summed E-state index contributed by atoms with van der Waals surface area (Å²) in [7, 11) is 0. The number of benzene rings is 1. The molecule has 1 aromatic carbocycles. The van der Waals surface area contributed by atoms with E-state index < -0.39 is 0 Å². The summed E-state index contributed by atoms with van der Waals surface area (Å²) in [5, 5.41) is 3.19. The van der Waals surface area contributed by atoms with Crippen LogP contribution in [0.3, 0.4) is 0 Å². The smallest absolute Gasteiger partial charge is 0.196 e. The maximum absolute atomic E-state index is 13.9. The second-order valence-electron chi connectivity index (χ2n) is 4.16. The number of hydrogen-bond acceptors (Lipinski definition) is 3. The lowest BCUT2D eigenvalue weighted by molar-refractivity contribution is 0.493. The van der Waals surface area contributed by atoms with E-state index in [1.54, 1.807) is 25.3 Å². The molecule has 4 heteroatoms. The van der Waals surface area contributed by atoms with Crippen molar-refractivity contribution in [3.8, 4) is 11.3 Å². The van der Waals surface area contributed by atoms with Gasteiger partial charge in [-0.1, -0.05) is 19.1 Å². The summed E-state index contributed by atoms with van der Waals surface area (Å²) < 4.78 is 19.5. The molecule has 0 spiro atoms. The lowest BCUT2D eigenvalue weighted by Crippen LogP contribution is -2.16. The fourth-order valence-corrected chi connectivity index (χ4v) is 1.76. The molecule has 0 radical (unpaired) electrons. The maximum Gasteiger partial charge on any atom is 0.196 e. The fraction of sp³-hybridized carbons (Fsp3) is 0.357. The molecular formula is C14H17FN2O. The normalized spacial score (nSPS) is 10.8. The Hall–Kier alpha value is -1.68. The first kappa shape index (κ1) is 12.8. The molecule has 0 atom stereocenters. The van der Waals surface area contributed by atoms with Gasteiger partial charge in [-0.15, -0.1) is 0 Å². The number of aromatic nitrogens is 1. The summed E-state index contributed by atoms with van der Waals surface area (Å²) in [5.74, 6) is 0.876. The Balaban J connectivity index is 2.16. The second-order valence-corrected chi connectivity index (χ2v) is 4.16. The van der Waals surface area contributed by atoms with Gasteiger partial charge in [0.15, 0.2) is 11.7 Å². The van der Waals surface area contributed by atoms with Gasteiger partial charge >= 0.3 is 0 Å². The summed E-state index contributed by atoms with van der Waals surface area (Å²) in [6.07, 6.45) is 2.29. The number of oxazole rings is 1. The molecular weight excluding hydrogens is 231 g/mol. The van der Waals surface area contributed by atoms with Crippen molar-refractivity contribution in [2.24, 2.45) is 0 Å². The lowest BCUT2D eigenvalue weighted by atomic mass is 10.1. The predicted molar refractivity (Wildman–Crippen MR) is 68.9 cm³/mol. The first-order valence-electron chi connectivity index (χ1n) is 6.13. The average molecular weight is 248 g/mol. The molecule has 0 saturated heterocycles. The molecule has 2 aromatic rings. The SMILES string of the molecule is CCNCCc1ncc(-c2cccc(C)c2F)o1. The Kier molecular flexibility index (Phi) is 4.10. The van der Waals surface area contributed by atoms with Crippen LogP contribution in [0.5, 0.6) is 0 Å². The Morgan fingerprint density at radius 3 is 3.00 bits per heavy atom. The third-order valence-electron chi connectivity index (χ3n) is 2.78. The zero-order valence-corrected chi connectivity index (χ0v) is 10.7. The number of aryl methyl sites for hydroxylation is 1. The molecule has 1 N–H and O–H groups in total. The van der Waals surface area contributed by atoms with Gasteiger partial charge in [0.25, 0.3) is 0 Å². The Morgan fingerprint density at radius 2 is 2.22 bits per heavy atom. The average Bonchev–Trinajstić information content (AvgIpc) is 2.82. The molecule has 96 valence electrons. The summed E-state index contributed by atoms with van der Waals surface area (Å²) in [4.78, 5) is 4.16. The van der Waals surface area contributed by atoms with E-state index in [4.69, 9.17) is 4.42 Å². The van der Waals surface area contributed by atoms with Crippen molar-refractivity contribution in [1.82, 2.24) is 10.3 Å². The highest BCUT2D eigenvalue weighted by Gasteiger charge is 2.12. The molecule has 0 aliphatic heterocycles. The molecule has 18 heavy (non-hydrogen) atoms. The Bertz CT molecular complexity index is 522. The third-order valence-corrected chi connectivity index (χ3v) is 2.78. The van der Waals surface area contributed by atoms with Crippen LogP contribution in [-0.2, 0) is 6.42 Å². The predicted octanol–water partition coefficient (Wildman–Crippen LogP) is 2.94. The zero-order chi connectivity index (χ0) is 13.0. The van der Waals surface area contributed by atoms with Gasteiger partial charge in [0.2, 0.25) is 0 Å². The first-order valence-corrected chi connectivity index (χ1v) is 6.13. The maximum atomic E-state index is 13.9. The Morgan fingerprint density at radius 1 is 1.39 bits per heavy atom. The molecule has 2 rings (SSSR count). The van der Waals surface area contributed by atoms with Gasteiger partial charge in [-0.2, -0.15) is 0 Å². The van der Waals surface area contributed by atoms with E-state index in [0.29, 0.717) is 29.2 Å². The van der Waals surface area contributed by atoms with Gasteiger partial charge in [-0.25, -0.2) is 9.37 Å². The van der Waals surface area contributed by atoms with Crippen molar-refractivity contribution >= 4 is 0 Å². The minimum atomic E-state index is -0.244. The van der Waals surface area contributed by atoms with Crippen molar-refractivity contribution in [3.05, 3.63) is 41.7 Å². The highest BCUT2D eigenvalue weighted by atomic mass is 19.1. The largest absolute Gasteiger partial charge is 0.441 e. The minimum absolute atomic E-state index is 0.244. The van der Waals surface area contributed by atoms with E-state index in [2.05, 4.69) is 10.3 Å². The monoisotopic (exact) mass is 248 g/mol. The molecule has 0 amide bonds. The first-order chi connectivity index (χ1) is 8.72. The van der Waals surface area contributed by atoms with E-state index in [1.807, 2.05) is 13.0 Å². The fourth-order valence-electron chi connectivity index (χ4n) is 1.76. The number of hydrogen-bond donors (Lipinski definition) is 1. The van der Waals surface area contributed by atoms with Crippen molar-refractivity contribution in [2.75, 3.05) is 13.1 Å². The number of halogens is 1. The summed E-state index contributed by atoms with van der Waals surface area (Å²) >= 11 is 0. The minimum Gasteiger partial charge on any atom is -0.441 e. The molecule has 1 heterocycles. The second kappa shape index (κ2) is 5.78. The van der Waals surface area contributed by atoms with Crippen molar-refractivity contribution in [1.29, 1.82) is 0 Å². The van der Waals surface area contributed by atoms with Crippen LogP contribution in [0.4, 0.5) is 4.39 Å². The van der Waals surface area contributed by atoms with Crippen LogP contribution in [0, 0.1) is 12.7 Å². The van der Waals surface area contributed by atoms with Crippen LogP contribution in [0.2, 0.25) is 0 Å². The van der Waals surface area contributed by atoms with Crippen molar-refractivity contribution in [2.45, 2.75) is 20.3 Å². The van der Waals surface area contributed by atoms with E-state index >= 15 is 0 Å². The van der Waals surface area contributed by atoms with Gasteiger partial charge < -0.3 is 9.73 Å². The number of nitrogens with one attached hydrogen (secondary N) is 1. The van der Waals surface area contributed by atoms with Crippen LogP contribution >= 0.6 is 0 Å². The lowest BCUT2D eigenvalue weighted by Gasteiger charge is -2.01. The molecule has 0 saturated carbocycles. The van der Waals surface area contributed by atoms with Gasteiger partial charge in [0, 0.05) is 13.0 Å². The third kappa shape index (κ3) is 2.76. The zero-order valence-electron chi connectivity index (χ0n) is 10.7. The quantitative estimate of drug-likeness (QED) is 0.827. The van der Waals surface area contributed by atoms with E-state index in [-0.39, 0.29) is 5.82 Å². The van der Waals surface area contributed by atoms with Crippen LogP contribution in [0.15, 0.2) is 28.8 Å². The topological polar surface area (TPSA) is 38.1 Å². The summed E-state index contributed by atoms with van der Waals surface area (Å²) in [6, 6.07) is 5.26. The number of rotatable bonds is 5. The highest BCUT2D eigenvalue weighted by Crippen LogP contribution is 2.25. The van der Waals surface area contributed by atoms with Crippen molar-refractivity contribution in [3.63, 3.8) is 0 Å².